The average molecular weight is 268 g/mol. The average Bonchev–Trinajstić information content (AvgIpc) is 2.47. The molecule has 1 unspecified atom stereocenters. The summed E-state index contributed by atoms with van der Waals surface area (Å²) in [7, 11) is 0. The Morgan fingerprint density at radius 3 is 2.35 bits per heavy atom. The Hall–Kier alpha value is -2.13. The highest BCUT2D eigenvalue weighted by Crippen LogP contribution is 2.14. The highest BCUT2D eigenvalue weighted by Gasteiger charge is 2.04. The molecule has 0 aromatic heterocycles. The van der Waals surface area contributed by atoms with Gasteiger partial charge in [0, 0.05) is 18.2 Å². The lowest BCUT2D eigenvalue weighted by Crippen LogP contribution is -2.12. The maximum absolute atomic E-state index is 11.9. The summed E-state index contributed by atoms with van der Waals surface area (Å²) in [5.41, 5.74) is 8.84. The molecule has 0 heterocycles. The summed E-state index contributed by atoms with van der Waals surface area (Å²) in [6.45, 7) is 1.94. The van der Waals surface area contributed by atoms with Gasteiger partial charge in [0.1, 0.15) is 0 Å². The molecule has 0 radical (unpaired) electrons. The molecular formula is C17H20N2O. The molecule has 2 rings (SSSR count). The molecule has 0 aliphatic heterocycles. The molecular weight excluding hydrogens is 248 g/mol. The Balaban J connectivity index is 1.85. The molecule has 3 N–H and O–H groups in total. The first-order valence-electron chi connectivity index (χ1n) is 6.84. The van der Waals surface area contributed by atoms with Gasteiger partial charge < -0.3 is 11.1 Å². The van der Waals surface area contributed by atoms with Crippen molar-refractivity contribution in [2.75, 3.05) is 5.32 Å². The Bertz CT molecular complexity index is 547. The molecule has 0 aliphatic rings. The molecule has 1 amide bonds. The van der Waals surface area contributed by atoms with Gasteiger partial charge in [0.05, 0.1) is 0 Å². The van der Waals surface area contributed by atoms with E-state index < -0.39 is 0 Å². The number of benzene rings is 2. The third-order valence-corrected chi connectivity index (χ3v) is 3.20. The minimum atomic E-state index is 0.0119. The van der Waals surface area contributed by atoms with Crippen LogP contribution in [0.25, 0.3) is 0 Å². The number of nitrogens with one attached hydrogen (secondary N) is 1. The first-order valence-corrected chi connectivity index (χ1v) is 6.84. The molecule has 0 fully saturated rings. The van der Waals surface area contributed by atoms with Crippen LogP contribution in [-0.4, -0.2) is 5.91 Å². The minimum Gasteiger partial charge on any atom is -0.326 e. The smallest absolute Gasteiger partial charge is 0.224 e. The zero-order valence-electron chi connectivity index (χ0n) is 11.7. The summed E-state index contributed by atoms with van der Waals surface area (Å²) in [5, 5.41) is 2.90. The molecule has 2 aromatic carbocycles. The Labute approximate surface area is 119 Å². The van der Waals surface area contributed by atoms with Crippen molar-refractivity contribution < 1.29 is 4.79 Å². The number of aryl methyl sites for hydroxylation is 1. The van der Waals surface area contributed by atoms with Crippen LogP contribution in [-0.2, 0) is 11.2 Å². The summed E-state index contributed by atoms with van der Waals surface area (Å²) in [4.78, 5) is 11.9. The van der Waals surface area contributed by atoms with Gasteiger partial charge in [-0.15, -0.1) is 0 Å². The van der Waals surface area contributed by atoms with E-state index >= 15 is 0 Å². The third-order valence-electron chi connectivity index (χ3n) is 3.20. The molecule has 0 aliphatic carbocycles. The highest BCUT2D eigenvalue weighted by atomic mass is 16.1. The summed E-state index contributed by atoms with van der Waals surface area (Å²) in [6, 6.07) is 17.7. The Morgan fingerprint density at radius 1 is 1.10 bits per heavy atom. The normalized spacial score (nSPS) is 11.9. The topological polar surface area (TPSA) is 55.1 Å². The first-order chi connectivity index (χ1) is 9.65. The number of rotatable bonds is 5. The van der Waals surface area contributed by atoms with E-state index in [1.54, 1.807) is 0 Å². The number of carbonyl (C=O) groups excluding carboxylic acids is 1. The lowest BCUT2D eigenvalue weighted by Gasteiger charge is -2.08. The van der Waals surface area contributed by atoms with E-state index in [9.17, 15) is 4.79 Å². The largest absolute Gasteiger partial charge is 0.326 e. The molecule has 20 heavy (non-hydrogen) atoms. The van der Waals surface area contributed by atoms with E-state index in [1.807, 2.05) is 61.5 Å². The van der Waals surface area contributed by atoms with Crippen LogP contribution in [0.2, 0.25) is 0 Å². The quantitative estimate of drug-likeness (QED) is 0.874. The monoisotopic (exact) mass is 268 g/mol. The standard InChI is InChI=1S/C17H20N2O/c1-13(18)15-8-10-16(11-9-15)19-17(20)12-7-14-5-3-2-4-6-14/h2-6,8-11,13H,7,12,18H2,1H3,(H,19,20). The molecule has 0 spiro atoms. The van der Waals surface area contributed by atoms with Crippen molar-refractivity contribution in [1.29, 1.82) is 0 Å². The van der Waals surface area contributed by atoms with Crippen molar-refractivity contribution in [2.24, 2.45) is 5.73 Å². The van der Waals surface area contributed by atoms with Gasteiger partial charge in [0.2, 0.25) is 5.91 Å². The van der Waals surface area contributed by atoms with Gasteiger partial charge in [-0.1, -0.05) is 42.5 Å². The van der Waals surface area contributed by atoms with Gasteiger partial charge in [0.15, 0.2) is 0 Å². The number of hydrogen-bond donors (Lipinski definition) is 2. The summed E-state index contributed by atoms with van der Waals surface area (Å²) in [5.74, 6) is 0.0300. The molecule has 0 bridgehead atoms. The summed E-state index contributed by atoms with van der Waals surface area (Å²) < 4.78 is 0. The van der Waals surface area contributed by atoms with Crippen molar-refractivity contribution in [2.45, 2.75) is 25.8 Å². The van der Waals surface area contributed by atoms with Gasteiger partial charge in [0.25, 0.3) is 0 Å². The number of anilines is 1. The molecule has 104 valence electrons. The molecule has 0 saturated heterocycles. The van der Waals surface area contributed by atoms with E-state index in [2.05, 4.69) is 5.32 Å². The second-order valence-electron chi connectivity index (χ2n) is 4.94. The molecule has 3 nitrogen and oxygen atoms in total. The molecule has 0 saturated carbocycles. The van der Waals surface area contributed by atoms with Crippen LogP contribution in [0.3, 0.4) is 0 Å². The fourth-order valence-electron chi connectivity index (χ4n) is 2.00. The van der Waals surface area contributed by atoms with E-state index in [0.717, 1.165) is 17.7 Å². The fraction of sp³-hybridized carbons (Fsp3) is 0.235. The van der Waals surface area contributed by atoms with Crippen LogP contribution in [0, 0.1) is 0 Å². The predicted molar refractivity (Wildman–Crippen MR) is 82.4 cm³/mol. The zero-order chi connectivity index (χ0) is 14.4. The fourth-order valence-corrected chi connectivity index (χ4v) is 2.00. The van der Waals surface area contributed by atoms with Crippen molar-refractivity contribution in [1.82, 2.24) is 0 Å². The van der Waals surface area contributed by atoms with E-state index in [1.165, 1.54) is 5.56 Å². The summed E-state index contributed by atoms with van der Waals surface area (Å²) >= 11 is 0. The van der Waals surface area contributed by atoms with Crippen LogP contribution >= 0.6 is 0 Å². The van der Waals surface area contributed by atoms with E-state index in [4.69, 9.17) is 5.73 Å². The van der Waals surface area contributed by atoms with Crippen LogP contribution in [0.15, 0.2) is 54.6 Å². The first kappa shape index (κ1) is 14.3. The van der Waals surface area contributed by atoms with Crippen molar-refractivity contribution >= 4 is 11.6 Å². The Kier molecular flexibility index (Phi) is 4.91. The zero-order valence-corrected chi connectivity index (χ0v) is 11.7. The number of amides is 1. The second kappa shape index (κ2) is 6.87. The van der Waals surface area contributed by atoms with Crippen molar-refractivity contribution in [3.63, 3.8) is 0 Å². The van der Waals surface area contributed by atoms with E-state index in [-0.39, 0.29) is 11.9 Å². The number of carbonyl (C=O) groups is 1. The van der Waals surface area contributed by atoms with E-state index in [0.29, 0.717) is 6.42 Å². The van der Waals surface area contributed by atoms with Crippen LogP contribution in [0.1, 0.15) is 30.5 Å². The van der Waals surface area contributed by atoms with Crippen molar-refractivity contribution in [3.8, 4) is 0 Å². The summed E-state index contributed by atoms with van der Waals surface area (Å²) in [6.07, 6.45) is 1.24. The van der Waals surface area contributed by atoms with Gasteiger partial charge in [-0.05, 0) is 36.6 Å². The maximum Gasteiger partial charge on any atom is 0.224 e. The van der Waals surface area contributed by atoms with Gasteiger partial charge in [-0.25, -0.2) is 0 Å². The lowest BCUT2D eigenvalue weighted by atomic mass is 10.1. The predicted octanol–water partition coefficient (Wildman–Crippen LogP) is 3.28. The van der Waals surface area contributed by atoms with Crippen molar-refractivity contribution in [3.05, 3.63) is 65.7 Å². The lowest BCUT2D eigenvalue weighted by molar-refractivity contribution is -0.116. The number of hydrogen-bond acceptors (Lipinski definition) is 2. The number of nitrogens with two attached hydrogens (primary N) is 1. The van der Waals surface area contributed by atoms with Crippen LogP contribution in [0.5, 0.6) is 0 Å². The molecule has 1 atom stereocenters. The van der Waals surface area contributed by atoms with Gasteiger partial charge in [-0.3, -0.25) is 4.79 Å². The third kappa shape index (κ3) is 4.21. The van der Waals surface area contributed by atoms with Crippen LogP contribution in [0.4, 0.5) is 5.69 Å². The second-order valence-corrected chi connectivity index (χ2v) is 4.94. The van der Waals surface area contributed by atoms with Crippen LogP contribution < -0.4 is 11.1 Å². The SMILES string of the molecule is CC(N)c1ccc(NC(=O)CCc2ccccc2)cc1. The molecule has 3 heteroatoms. The highest BCUT2D eigenvalue weighted by molar-refractivity contribution is 5.90. The Morgan fingerprint density at radius 2 is 1.75 bits per heavy atom. The van der Waals surface area contributed by atoms with Gasteiger partial charge >= 0.3 is 0 Å². The maximum atomic E-state index is 11.9. The van der Waals surface area contributed by atoms with Gasteiger partial charge in [-0.2, -0.15) is 0 Å². The molecule has 2 aromatic rings. The minimum absolute atomic E-state index is 0.0119.